The van der Waals surface area contributed by atoms with Crippen LogP contribution in [0.15, 0.2) is 0 Å². The predicted octanol–water partition coefficient (Wildman–Crippen LogP) is -0.199. The van der Waals surface area contributed by atoms with E-state index in [0.29, 0.717) is 12.1 Å². The van der Waals surface area contributed by atoms with Crippen molar-refractivity contribution in [2.45, 2.75) is 37.5 Å². The summed E-state index contributed by atoms with van der Waals surface area (Å²) in [6.07, 6.45) is 4.38. The molecule has 3 rings (SSSR count). The topological polar surface area (TPSA) is 36.5 Å². The number of hydrogen-bond donors (Lipinski definition) is 2. The second-order valence-corrected chi connectivity index (χ2v) is 5.34. The van der Waals surface area contributed by atoms with Gasteiger partial charge in [-0.1, -0.05) is 0 Å². The highest BCUT2D eigenvalue weighted by Gasteiger charge is 2.32. The van der Waals surface area contributed by atoms with E-state index in [4.69, 9.17) is 4.74 Å². The van der Waals surface area contributed by atoms with Crippen molar-refractivity contribution in [1.29, 1.82) is 0 Å². The van der Waals surface area contributed by atoms with Crippen molar-refractivity contribution in [1.82, 2.24) is 15.5 Å². The van der Waals surface area contributed by atoms with Gasteiger partial charge in [0.05, 0.1) is 12.7 Å². The fourth-order valence-corrected chi connectivity index (χ4v) is 3.14. The van der Waals surface area contributed by atoms with E-state index >= 15 is 0 Å². The van der Waals surface area contributed by atoms with Gasteiger partial charge in [0.15, 0.2) is 0 Å². The Balaban J connectivity index is 1.42. The van der Waals surface area contributed by atoms with Crippen LogP contribution >= 0.6 is 0 Å². The molecule has 0 aromatic rings. The summed E-state index contributed by atoms with van der Waals surface area (Å²) in [4.78, 5) is 2.61. The Morgan fingerprint density at radius 1 is 1.38 bits per heavy atom. The Morgan fingerprint density at radius 2 is 2.38 bits per heavy atom. The van der Waals surface area contributed by atoms with Crippen molar-refractivity contribution < 1.29 is 4.74 Å². The molecule has 0 aliphatic carbocycles. The van der Waals surface area contributed by atoms with Crippen LogP contribution in [0.1, 0.15) is 19.3 Å². The van der Waals surface area contributed by atoms with Gasteiger partial charge in [-0.25, -0.2) is 0 Å². The largest absolute Gasteiger partial charge is 0.374 e. The third-order valence-electron chi connectivity index (χ3n) is 4.16. The zero-order chi connectivity index (χ0) is 10.8. The van der Waals surface area contributed by atoms with Gasteiger partial charge in [-0.15, -0.1) is 0 Å². The van der Waals surface area contributed by atoms with Gasteiger partial charge in [0, 0.05) is 31.7 Å². The van der Waals surface area contributed by atoms with Crippen LogP contribution in [0.4, 0.5) is 0 Å². The van der Waals surface area contributed by atoms with Crippen LogP contribution in [0.2, 0.25) is 0 Å². The van der Waals surface area contributed by atoms with E-state index in [1.807, 2.05) is 0 Å². The average molecular weight is 225 g/mol. The van der Waals surface area contributed by atoms with Gasteiger partial charge in [-0.3, -0.25) is 4.90 Å². The van der Waals surface area contributed by atoms with Crippen LogP contribution in [0, 0.1) is 0 Å². The highest BCUT2D eigenvalue weighted by atomic mass is 16.5. The second-order valence-electron chi connectivity index (χ2n) is 5.34. The number of hydrogen-bond acceptors (Lipinski definition) is 4. The van der Waals surface area contributed by atoms with Crippen LogP contribution in [0.25, 0.3) is 0 Å². The quantitative estimate of drug-likeness (QED) is 0.697. The summed E-state index contributed by atoms with van der Waals surface area (Å²) >= 11 is 0. The molecule has 3 aliphatic heterocycles. The molecule has 0 bridgehead atoms. The minimum atomic E-state index is 0.412. The van der Waals surface area contributed by atoms with Crippen LogP contribution in [-0.4, -0.2) is 62.4 Å². The van der Waals surface area contributed by atoms with Crippen molar-refractivity contribution in [2.24, 2.45) is 0 Å². The molecule has 3 heterocycles. The minimum absolute atomic E-state index is 0.412. The molecular weight excluding hydrogens is 202 g/mol. The van der Waals surface area contributed by atoms with E-state index in [2.05, 4.69) is 15.5 Å². The predicted molar refractivity (Wildman–Crippen MR) is 63.6 cm³/mol. The van der Waals surface area contributed by atoms with Crippen LogP contribution < -0.4 is 10.6 Å². The molecule has 0 amide bonds. The summed E-state index contributed by atoms with van der Waals surface area (Å²) in [5.74, 6) is 0. The van der Waals surface area contributed by atoms with E-state index in [-0.39, 0.29) is 0 Å². The number of morpholine rings is 1. The maximum absolute atomic E-state index is 5.93. The maximum atomic E-state index is 5.93. The lowest BCUT2D eigenvalue weighted by Gasteiger charge is -2.35. The molecule has 3 atom stereocenters. The van der Waals surface area contributed by atoms with Gasteiger partial charge in [0.25, 0.3) is 0 Å². The van der Waals surface area contributed by atoms with E-state index < -0.39 is 0 Å². The average Bonchev–Trinajstić information content (AvgIpc) is 2.97. The monoisotopic (exact) mass is 225 g/mol. The zero-order valence-corrected chi connectivity index (χ0v) is 9.95. The standard InChI is InChI=1S/C12H23N3O/c1-2-11-9-16-12(8-15(11)5-1)7-14-10-3-4-13-6-10/h10-14H,1-9H2. The van der Waals surface area contributed by atoms with Crippen molar-refractivity contribution in [3.8, 4) is 0 Å². The lowest BCUT2D eigenvalue weighted by atomic mass is 10.2. The fraction of sp³-hybridized carbons (Fsp3) is 1.00. The highest BCUT2D eigenvalue weighted by molar-refractivity contribution is 4.87. The molecule has 0 aromatic carbocycles. The summed E-state index contributed by atoms with van der Waals surface area (Å²) in [5, 5.41) is 7.00. The van der Waals surface area contributed by atoms with Crippen LogP contribution in [0.5, 0.6) is 0 Å². The van der Waals surface area contributed by atoms with Crippen molar-refractivity contribution in [3.05, 3.63) is 0 Å². The molecule has 0 saturated carbocycles. The maximum Gasteiger partial charge on any atom is 0.0827 e. The molecule has 0 aromatic heterocycles. The van der Waals surface area contributed by atoms with Gasteiger partial charge in [-0.05, 0) is 32.4 Å². The van der Waals surface area contributed by atoms with Gasteiger partial charge < -0.3 is 15.4 Å². The number of fused-ring (bicyclic) bond motifs is 1. The molecule has 92 valence electrons. The smallest absolute Gasteiger partial charge is 0.0827 e. The van der Waals surface area contributed by atoms with E-state index in [9.17, 15) is 0 Å². The molecule has 0 spiro atoms. The summed E-state index contributed by atoms with van der Waals surface area (Å²) in [6.45, 7) is 6.69. The molecule has 4 heteroatoms. The molecule has 2 N–H and O–H groups in total. The molecule has 16 heavy (non-hydrogen) atoms. The Kier molecular flexibility index (Phi) is 3.43. The van der Waals surface area contributed by atoms with Gasteiger partial charge >= 0.3 is 0 Å². The molecule has 3 aliphatic rings. The van der Waals surface area contributed by atoms with E-state index in [0.717, 1.165) is 38.8 Å². The van der Waals surface area contributed by atoms with Crippen LogP contribution in [-0.2, 0) is 4.74 Å². The Morgan fingerprint density at radius 3 is 3.25 bits per heavy atom. The first-order chi connectivity index (χ1) is 7.92. The van der Waals surface area contributed by atoms with Gasteiger partial charge in [-0.2, -0.15) is 0 Å². The van der Waals surface area contributed by atoms with Crippen LogP contribution in [0.3, 0.4) is 0 Å². The summed E-state index contributed by atoms with van der Waals surface area (Å²) in [7, 11) is 0. The summed E-state index contributed by atoms with van der Waals surface area (Å²) in [5.41, 5.74) is 0. The Labute approximate surface area is 97.7 Å². The SMILES string of the molecule is C1CC2COC(CNC3CCNC3)CN2C1. The number of nitrogens with one attached hydrogen (secondary N) is 2. The zero-order valence-electron chi connectivity index (χ0n) is 9.95. The molecular formula is C12H23N3O. The first-order valence-electron chi connectivity index (χ1n) is 6.71. The van der Waals surface area contributed by atoms with E-state index in [1.54, 1.807) is 0 Å². The van der Waals surface area contributed by atoms with E-state index in [1.165, 1.54) is 25.8 Å². The van der Waals surface area contributed by atoms with Gasteiger partial charge in [0.2, 0.25) is 0 Å². The lowest BCUT2D eigenvalue weighted by Crippen LogP contribution is -2.50. The third-order valence-corrected chi connectivity index (χ3v) is 4.16. The van der Waals surface area contributed by atoms with Crippen molar-refractivity contribution >= 4 is 0 Å². The number of ether oxygens (including phenoxy) is 1. The van der Waals surface area contributed by atoms with Crippen molar-refractivity contribution in [3.63, 3.8) is 0 Å². The molecule has 3 fully saturated rings. The lowest BCUT2D eigenvalue weighted by molar-refractivity contribution is -0.0476. The Bertz CT molecular complexity index is 230. The highest BCUT2D eigenvalue weighted by Crippen LogP contribution is 2.22. The third kappa shape index (κ3) is 2.40. The molecule has 4 nitrogen and oxygen atoms in total. The first-order valence-corrected chi connectivity index (χ1v) is 6.71. The number of rotatable bonds is 3. The summed E-state index contributed by atoms with van der Waals surface area (Å²) in [6, 6.07) is 1.39. The summed E-state index contributed by atoms with van der Waals surface area (Å²) < 4.78 is 5.93. The molecule has 0 radical (unpaired) electrons. The second kappa shape index (κ2) is 5.00. The minimum Gasteiger partial charge on any atom is -0.374 e. The Hall–Kier alpha value is -0.160. The number of nitrogens with zero attached hydrogens (tertiary/aromatic N) is 1. The first kappa shape index (κ1) is 11.0. The molecule has 3 saturated heterocycles. The molecule has 3 unspecified atom stereocenters. The van der Waals surface area contributed by atoms with Gasteiger partial charge in [0.1, 0.15) is 0 Å². The normalized spacial score (nSPS) is 40.1. The fourth-order valence-electron chi connectivity index (χ4n) is 3.14. The van der Waals surface area contributed by atoms with Crippen molar-refractivity contribution in [2.75, 3.05) is 39.3 Å².